The van der Waals surface area contributed by atoms with Crippen LogP contribution in [0.2, 0.25) is 0 Å². The molecular weight excluding hydrogens is 1330 g/mol. The number of nitrogens with zero attached hydrogens (tertiary/aromatic N) is 12. The van der Waals surface area contributed by atoms with E-state index in [1.54, 1.807) is 37.3 Å². The van der Waals surface area contributed by atoms with Crippen LogP contribution in [0, 0.1) is 77.0 Å². The largest absolute Gasteiger partial charge is 0.473 e. The van der Waals surface area contributed by atoms with Gasteiger partial charge in [0.05, 0.1) is 85.6 Å². The van der Waals surface area contributed by atoms with Gasteiger partial charge in [-0.3, -0.25) is 19.9 Å². The Bertz CT molecular complexity index is 3720. The summed E-state index contributed by atoms with van der Waals surface area (Å²) in [6, 6.07) is 21.7. The van der Waals surface area contributed by atoms with E-state index in [0.717, 1.165) is 74.1 Å². The highest BCUT2D eigenvalue weighted by Gasteiger charge is 2.46. The lowest BCUT2D eigenvalue weighted by Gasteiger charge is -2.46. The molecule has 550 valence electrons. The number of aromatic nitrogens is 9. The van der Waals surface area contributed by atoms with Crippen molar-refractivity contribution < 1.29 is 61.7 Å². The maximum atomic E-state index is 12.4. The number of pyridine rings is 3. The van der Waals surface area contributed by atoms with Crippen molar-refractivity contribution in [3.8, 4) is 52.5 Å². The van der Waals surface area contributed by atoms with Crippen LogP contribution in [0.5, 0.6) is 52.5 Å². The summed E-state index contributed by atoms with van der Waals surface area (Å²) in [6.45, 7) is 38.3. The summed E-state index contributed by atoms with van der Waals surface area (Å²) in [6.07, 6.45) is 9.14. The Hall–Kier alpha value is -8.50. The Kier molecular flexibility index (Phi) is 29.4. The molecule has 6 aromatic heterocycles. The van der Waals surface area contributed by atoms with E-state index in [9.17, 15) is 9.59 Å². The third-order valence-electron chi connectivity index (χ3n) is 18.2. The summed E-state index contributed by atoms with van der Waals surface area (Å²) in [4.78, 5) is 67.5. The second-order valence-corrected chi connectivity index (χ2v) is 26.8. The number of ether oxygens (including phenoxy) is 11. The molecule has 0 saturated carbocycles. The first kappa shape index (κ1) is 77.7. The summed E-state index contributed by atoms with van der Waals surface area (Å²) in [5.41, 5.74) is 5.30. The molecule has 26 nitrogen and oxygen atoms in total. The molecule has 1 aromatic carbocycles. The first-order valence-corrected chi connectivity index (χ1v) is 35.6. The van der Waals surface area contributed by atoms with Gasteiger partial charge in [0.1, 0.15) is 37.3 Å². The van der Waals surface area contributed by atoms with Crippen LogP contribution in [0.1, 0.15) is 87.8 Å². The highest BCUT2D eigenvalue weighted by Crippen LogP contribution is 2.38. The number of halogens is 1. The van der Waals surface area contributed by atoms with Crippen molar-refractivity contribution in [3.05, 3.63) is 144 Å². The number of fused-ring (bicyclic) bond motifs is 6. The SMILES string of the molecule is CC(C)OC(=O)Cl.CCN(CC)CC.Cc1ncccc1Oc1ncnc(OC2C3CNCC2COC3)c1C.Cc1ncccc1Oc1ncnc(OC2C3COCC2CN(C(=O)OC(C)C)C3)c1C.Cc1ncccc1Oc1ncnc(OC2C3COCC2CN(Cc2ccccc2)C3)c1C. The molecule has 6 unspecified atom stereocenters. The van der Waals surface area contributed by atoms with Crippen molar-refractivity contribution in [2.24, 2.45) is 35.5 Å². The zero-order valence-electron chi connectivity index (χ0n) is 61.0. The molecule has 7 aromatic rings. The van der Waals surface area contributed by atoms with Crippen LogP contribution in [-0.4, -0.2) is 200 Å². The number of hydrogen-bond donors (Lipinski definition) is 1. The number of likely N-dealkylation sites (tertiary alicyclic amines) is 2. The highest BCUT2D eigenvalue weighted by molar-refractivity contribution is 6.61. The summed E-state index contributed by atoms with van der Waals surface area (Å²) >= 11 is 4.81. The van der Waals surface area contributed by atoms with Gasteiger partial charge in [0.2, 0.25) is 35.3 Å². The summed E-state index contributed by atoms with van der Waals surface area (Å²) in [5.74, 6) is 6.40. The molecule has 1 amide bonds. The lowest BCUT2D eigenvalue weighted by atomic mass is 9.84. The van der Waals surface area contributed by atoms with Gasteiger partial charge in [-0.1, -0.05) is 51.1 Å². The monoisotopic (exact) mass is 1430 g/mol. The predicted molar refractivity (Wildman–Crippen MR) is 383 cm³/mol. The van der Waals surface area contributed by atoms with Crippen LogP contribution >= 0.6 is 11.6 Å². The minimum Gasteiger partial charge on any atom is -0.473 e. The highest BCUT2D eigenvalue weighted by atomic mass is 35.5. The second-order valence-electron chi connectivity index (χ2n) is 26.5. The molecule has 6 atom stereocenters. The predicted octanol–water partition coefficient (Wildman–Crippen LogP) is 12.0. The third-order valence-corrected chi connectivity index (χ3v) is 18.3. The molecule has 6 aliphatic heterocycles. The van der Waals surface area contributed by atoms with E-state index in [1.165, 1.54) is 44.2 Å². The van der Waals surface area contributed by atoms with Gasteiger partial charge in [-0.05, 0) is 131 Å². The summed E-state index contributed by atoms with van der Waals surface area (Å²) in [5, 5.41) is 3.44. The molecule has 0 spiro atoms. The number of carbonyl (C=O) groups is 2. The fraction of sp³-hybridized carbons (Fsp3) is 0.533. The lowest BCUT2D eigenvalue weighted by Crippen LogP contribution is -2.58. The van der Waals surface area contributed by atoms with Crippen LogP contribution in [0.4, 0.5) is 9.59 Å². The molecule has 13 rings (SSSR count). The van der Waals surface area contributed by atoms with E-state index >= 15 is 0 Å². The minimum atomic E-state index is -0.741. The number of rotatable bonds is 19. The van der Waals surface area contributed by atoms with Gasteiger partial charge in [0.25, 0.3) is 0 Å². The van der Waals surface area contributed by atoms with Crippen molar-refractivity contribution in [3.63, 3.8) is 0 Å². The van der Waals surface area contributed by atoms with Crippen LogP contribution in [0.3, 0.4) is 0 Å². The molecule has 27 heteroatoms. The number of benzene rings is 1. The average molecular weight is 1430 g/mol. The quantitative estimate of drug-likeness (QED) is 0.0737. The number of carbonyl (C=O) groups excluding carboxylic acids is 2. The third kappa shape index (κ3) is 22.0. The van der Waals surface area contributed by atoms with Gasteiger partial charge < -0.3 is 67.2 Å². The Labute approximate surface area is 604 Å². The Morgan fingerprint density at radius 1 is 0.480 bits per heavy atom. The van der Waals surface area contributed by atoms with E-state index in [0.29, 0.717) is 121 Å². The Morgan fingerprint density at radius 3 is 1.17 bits per heavy atom. The van der Waals surface area contributed by atoms with E-state index in [1.807, 2.05) is 91.8 Å². The minimum absolute atomic E-state index is 0.0338. The molecular formula is C75H100ClN13O13. The van der Waals surface area contributed by atoms with Gasteiger partial charge in [-0.15, -0.1) is 0 Å². The summed E-state index contributed by atoms with van der Waals surface area (Å²) in [7, 11) is 0. The van der Waals surface area contributed by atoms with E-state index in [-0.39, 0.29) is 48.4 Å². The van der Waals surface area contributed by atoms with Crippen LogP contribution in [0.25, 0.3) is 0 Å². The number of hydrogen-bond acceptors (Lipinski definition) is 25. The first-order chi connectivity index (χ1) is 49.3. The molecule has 102 heavy (non-hydrogen) atoms. The van der Waals surface area contributed by atoms with Crippen LogP contribution in [-0.2, 0) is 30.2 Å². The van der Waals surface area contributed by atoms with Crippen molar-refractivity contribution in [1.82, 2.24) is 64.9 Å². The Morgan fingerprint density at radius 2 is 0.833 bits per heavy atom. The van der Waals surface area contributed by atoms with Crippen molar-refractivity contribution in [2.75, 3.05) is 98.5 Å². The number of piperidine rings is 3. The number of amides is 1. The van der Waals surface area contributed by atoms with Crippen molar-refractivity contribution >= 4 is 23.1 Å². The zero-order valence-corrected chi connectivity index (χ0v) is 61.8. The molecule has 1 N–H and O–H groups in total. The van der Waals surface area contributed by atoms with Crippen molar-refractivity contribution in [2.45, 2.75) is 127 Å². The first-order valence-electron chi connectivity index (χ1n) is 35.3. The van der Waals surface area contributed by atoms with Crippen LogP contribution < -0.4 is 33.7 Å². The molecule has 6 saturated heterocycles. The van der Waals surface area contributed by atoms with Crippen LogP contribution in [0.15, 0.2) is 104 Å². The van der Waals surface area contributed by atoms with Gasteiger partial charge >= 0.3 is 11.5 Å². The molecule has 12 heterocycles. The maximum absolute atomic E-state index is 12.4. The second kappa shape index (κ2) is 38.7. The van der Waals surface area contributed by atoms with Gasteiger partial charge in [-0.2, -0.15) is 0 Å². The molecule has 6 bridgehead atoms. The maximum Gasteiger partial charge on any atom is 0.410 e. The topological polar surface area (TPSA) is 273 Å². The van der Waals surface area contributed by atoms with E-state index in [4.69, 9.17) is 59.0 Å². The van der Waals surface area contributed by atoms with Gasteiger partial charge in [0.15, 0.2) is 17.2 Å². The Balaban J connectivity index is 0.000000163. The molecule has 6 fully saturated rings. The number of aryl methyl sites for hydroxylation is 3. The number of nitrogens with one attached hydrogen (secondary N) is 1. The fourth-order valence-electron chi connectivity index (χ4n) is 12.8. The molecule has 6 aliphatic rings. The molecule has 0 aliphatic carbocycles. The van der Waals surface area contributed by atoms with E-state index in [2.05, 4.69) is 116 Å². The van der Waals surface area contributed by atoms with E-state index < -0.39 is 5.43 Å². The standard InChI is InChI=1S/C25H28N4O3.C22H28N4O5.C18H22N4O3.C6H15N.C4H7ClO2/c1-17-24(31-22-9-6-10-26-18(22)2)27-16-28-25(17)32-23-20-12-29(13-21(23)15-30-14-20)11-19-7-4-3-5-8-19;1-13(2)29-22(27)26-8-16-10-28-11-17(9-26)19(16)31-21-14(3)20(24-12-25-21)30-18-6-5-7-23-15(18)4;1-11-17(24-15-4-3-5-20-12(15)2)21-10-22-18(11)25-16-13-6-19-7-14(16)9-23-8-13;1-4-7(5-2)6-3;1-3(2)7-4(5)6/h3-10,16,20-21,23H,11-15H2,1-2H3;5-7,12-13,16-17,19H,8-11H2,1-4H3;3-5,10,13-14,16,19H,6-9H2,1-2H3;4-6H2,1-3H3;3H,1-2H3. The fourth-order valence-corrected chi connectivity index (χ4v) is 13.0. The molecule has 0 radical (unpaired) electrons. The van der Waals surface area contributed by atoms with Gasteiger partial charge in [0, 0.05) is 112 Å². The smallest absolute Gasteiger partial charge is 0.410 e. The average Bonchev–Trinajstić information content (AvgIpc) is 0.796. The summed E-state index contributed by atoms with van der Waals surface area (Å²) < 4.78 is 64.1. The lowest BCUT2D eigenvalue weighted by molar-refractivity contribution is -0.116. The van der Waals surface area contributed by atoms with Crippen molar-refractivity contribution in [1.29, 1.82) is 0 Å². The van der Waals surface area contributed by atoms with Gasteiger partial charge in [-0.25, -0.2) is 39.5 Å². The zero-order chi connectivity index (χ0) is 72.7. The normalized spacial score (nSPS) is 21.7.